The highest BCUT2D eigenvalue weighted by Crippen LogP contribution is 2.21. The number of amides is 1. The molecule has 1 aromatic rings. The van der Waals surface area contributed by atoms with Crippen molar-refractivity contribution in [3.63, 3.8) is 0 Å². The van der Waals surface area contributed by atoms with Crippen LogP contribution in [0.3, 0.4) is 0 Å². The van der Waals surface area contributed by atoms with Crippen molar-refractivity contribution < 1.29 is 9.90 Å². The quantitative estimate of drug-likeness (QED) is 0.643. The lowest BCUT2D eigenvalue weighted by Gasteiger charge is -2.23. The Morgan fingerprint density at radius 1 is 1.47 bits per heavy atom. The van der Waals surface area contributed by atoms with Crippen LogP contribution < -0.4 is 0 Å². The van der Waals surface area contributed by atoms with E-state index in [1.807, 2.05) is 12.3 Å². The second-order valence-corrected chi connectivity index (χ2v) is 4.44. The molecule has 0 aromatic carbocycles. The average molecular weight is 251 g/mol. The summed E-state index contributed by atoms with van der Waals surface area (Å²) < 4.78 is 0. The molecule has 0 atom stereocenters. The van der Waals surface area contributed by atoms with E-state index in [1.165, 1.54) is 16.7 Å². The molecule has 90 valence electrons. The molecule has 0 saturated carbocycles. The molecule has 1 N–H and O–H groups in total. The lowest BCUT2D eigenvalue weighted by atomic mass is 10.0. The molecule has 0 spiro atoms. The lowest BCUT2D eigenvalue weighted by Crippen LogP contribution is -2.33. The zero-order valence-electron chi connectivity index (χ0n) is 9.46. The van der Waals surface area contributed by atoms with Gasteiger partial charge in [-0.1, -0.05) is 17.8 Å². The smallest absolute Gasteiger partial charge is 0.407 e. The highest BCUT2D eigenvalue weighted by atomic mass is 32.2. The first kappa shape index (κ1) is 11.9. The maximum Gasteiger partial charge on any atom is 0.407 e. The van der Waals surface area contributed by atoms with Gasteiger partial charge in [0.1, 0.15) is 0 Å². The van der Waals surface area contributed by atoms with Crippen LogP contribution in [0.2, 0.25) is 0 Å². The van der Waals surface area contributed by atoms with Crippen LogP contribution in [-0.4, -0.2) is 45.4 Å². The van der Waals surface area contributed by atoms with E-state index < -0.39 is 6.09 Å². The van der Waals surface area contributed by atoms with Gasteiger partial charge >= 0.3 is 6.09 Å². The summed E-state index contributed by atoms with van der Waals surface area (Å²) in [6.07, 6.45) is 7.29. The molecule has 17 heavy (non-hydrogen) atoms. The number of carbonyl (C=O) groups is 1. The Kier molecular flexibility index (Phi) is 3.63. The minimum Gasteiger partial charge on any atom is -0.465 e. The van der Waals surface area contributed by atoms with Gasteiger partial charge in [0.15, 0.2) is 5.16 Å². The van der Waals surface area contributed by atoms with Gasteiger partial charge in [0, 0.05) is 31.0 Å². The van der Waals surface area contributed by atoms with Crippen LogP contribution in [0.25, 0.3) is 5.57 Å². The normalized spacial score (nSPS) is 15.6. The number of nitrogens with zero attached hydrogens (tertiary/aromatic N) is 3. The van der Waals surface area contributed by atoms with Crippen molar-refractivity contribution >= 4 is 23.4 Å². The van der Waals surface area contributed by atoms with Gasteiger partial charge in [-0.05, 0) is 18.2 Å². The zero-order valence-corrected chi connectivity index (χ0v) is 10.3. The lowest BCUT2D eigenvalue weighted by molar-refractivity contribution is 0.150. The predicted octanol–water partition coefficient (Wildman–Crippen LogP) is 1.97. The molecule has 0 unspecified atom stereocenters. The van der Waals surface area contributed by atoms with Crippen LogP contribution in [0.1, 0.15) is 12.0 Å². The van der Waals surface area contributed by atoms with E-state index in [1.54, 1.807) is 12.4 Å². The third-order valence-corrected chi connectivity index (χ3v) is 3.24. The van der Waals surface area contributed by atoms with Crippen molar-refractivity contribution in [1.29, 1.82) is 0 Å². The molecule has 1 aliphatic heterocycles. The predicted molar refractivity (Wildman–Crippen MR) is 66.0 cm³/mol. The minimum atomic E-state index is -0.866. The molecule has 2 heterocycles. The molecular weight excluding hydrogens is 238 g/mol. The number of aromatic nitrogens is 2. The molecule has 1 aromatic heterocycles. The summed E-state index contributed by atoms with van der Waals surface area (Å²) in [5.74, 6) is 0. The largest absolute Gasteiger partial charge is 0.465 e. The van der Waals surface area contributed by atoms with E-state index in [9.17, 15) is 4.79 Å². The first-order valence-electron chi connectivity index (χ1n) is 5.24. The van der Waals surface area contributed by atoms with E-state index in [4.69, 9.17) is 5.11 Å². The summed E-state index contributed by atoms with van der Waals surface area (Å²) in [6, 6.07) is 0. The Balaban J connectivity index is 2.10. The van der Waals surface area contributed by atoms with Crippen molar-refractivity contribution in [2.24, 2.45) is 0 Å². The van der Waals surface area contributed by atoms with E-state index in [0.29, 0.717) is 19.5 Å². The molecule has 1 aliphatic rings. The highest BCUT2D eigenvalue weighted by Gasteiger charge is 2.16. The van der Waals surface area contributed by atoms with E-state index in [-0.39, 0.29) is 0 Å². The van der Waals surface area contributed by atoms with Gasteiger partial charge in [-0.3, -0.25) is 0 Å². The Bertz CT molecular complexity index is 445. The van der Waals surface area contributed by atoms with Crippen LogP contribution in [0.4, 0.5) is 4.79 Å². The third kappa shape index (κ3) is 2.76. The van der Waals surface area contributed by atoms with Gasteiger partial charge in [-0.25, -0.2) is 14.8 Å². The standard InChI is InChI=1S/C11H13N3O2S/c1-17-10-12-6-9(7-13-10)8-2-4-14(5-3-8)11(15)16/h2,6-7H,3-5H2,1H3,(H,15,16). The number of hydrogen-bond acceptors (Lipinski definition) is 4. The van der Waals surface area contributed by atoms with Crippen LogP contribution in [0, 0.1) is 0 Å². The number of carboxylic acid groups (broad SMARTS) is 1. The molecule has 5 nitrogen and oxygen atoms in total. The number of hydrogen-bond donors (Lipinski definition) is 1. The summed E-state index contributed by atoms with van der Waals surface area (Å²) in [5.41, 5.74) is 2.10. The van der Waals surface area contributed by atoms with Gasteiger partial charge < -0.3 is 10.0 Å². The van der Waals surface area contributed by atoms with Crippen LogP contribution in [0.5, 0.6) is 0 Å². The van der Waals surface area contributed by atoms with Gasteiger partial charge in [-0.2, -0.15) is 0 Å². The fourth-order valence-electron chi connectivity index (χ4n) is 1.69. The molecule has 0 fully saturated rings. The molecule has 2 rings (SSSR count). The fraction of sp³-hybridized carbons (Fsp3) is 0.364. The Labute approximate surface area is 104 Å². The second kappa shape index (κ2) is 5.18. The number of thioether (sulfide) groups is 1. The summed E-state index contributed by atoms with van der Waals surface area (Å²) in [5, 5.41) is 9.58. The van der Waals surface area contributed by atoms with Gasteiger partial charge in [0.05, 0.1) is 0 Å². The van der Waals surface area contributed by atoms with Crippen molar-refractivity contribution in [3.05, 3.63) is 24.0 Å². The molecule has 0 radical (unpaired) electrons. The van der Waals surface area contributed by atoms with Crippen molar-refractivity contribution in [1.82, 2.24) is 14.9 Å². The summed E-state index contributed by atoms with van der Waals surface area (Å²) in [7, 11) is 0. The first-order valence-corrected chi connectivity index (χ1v) is 6.46. The van der Waals surface area contributed by atoms with Gasteiger partial charge in [-0.15, -0.1) is 0 Å². The SMILES string of the molecule is CSc1ncc(C2=CCN(C(=O)O)CC2)cn1. The van der Waals surface area contributed by atoms with E-state index >= 15 is 0 Å². The number of rotatable bonds is 2. The topological polar surface area (TPSA) is 66.3 Å². The van der Waals surface area contributed by atoms with Crippen molar-refractivity contribution in [2.45, 2.75) is 11.6 Å². The Morgan fingerprint density at radius 2 is 2.18 bits per heavy atom. The summed E-state index contributed by atoms with van der Waals surface area (Å²) >= 11 is 1.50. The summed E-state index contributed by atoms with van der Waals surface area (Å²) in [4.78, 5) is 20.6. The van der Waals surface area contributed by atoms with Crippen LogP contribution >= 0.6 is 11.8 Å². The van der Waals surface area contributed by atoms with E-state index in [2.05, 4.69) is 9.97 Å². The maximum atomic E-state index is 10.8. The average Bonchev–Trinajstić information content (AvgIpc) is 2.39. The van der Waals surface area contributed by atoms with Gasteiger partial charge in [0.2, 0.25) is 0 Å². The molecular formula is C11H13N3O2S. The van der Waals surface area contributed by atoms with Gasteiger partial charge in [0.25, 0.3) is 0 Å². The van der Waals surface area contributed by atoms with Crippen LogP contribution in [-0.2, 0) is 0 Å². The third-order valence-electron chi connectivity index (χ3n) is 2.66. The van der Waals surface area contributed by atoms with Crippen molar-refractivity contribution in [2.75, 3.05) is 19.3 Å². The molecule has 0 saturated heterocycles. The molecule has 0 bridgehead atoms. The highest BCUT2D eigenvalue weighted by molar-refractivity contribution is 7.98. The minimum absolute atomic E-state index is 0.439. The second-order valence-electron chi connectivity index (χ2n) is 3.67. The zero-order chi connectivity index (χ0) is 12.3. The van der Waals surface area contributed by atoms with E-state index in [0.717, 1.165) is 16.3 Å². The fourth-order valence-corrected chi connectivity index (χ4v) is 2.01. The Hall–Kier alpha value is -1.56. The molecule has 0 aliphatic carbocycles. The van der Waals surface area contributed by atoms with Crippen molar-refractivity contribution in [3.8, 4) is 0 Å². The Morgan fingerprint density at radius 3 is 2.65 bits per heavy atom. The van der Waals surface area contributed by atoms with Crippen LogP contribution in [0.15, 0.2) is 23.6 Å². The molecule has 6 heteroatoms. The first-order chi connectivity index (χ1) is 8.20. The monoisotopic (exact) mass is 251 g/mol. The maximum absolute atomic E-state index is 10.8. The molecule has 1 amide bonds. The summed E-state index contributed by atoms with van der Waals surface area (Å²) in [6.45, 7) is 0.973.